The highest BCUT2D eigenvalue weighted by Gasteiger charge is 2.11. The molecule has 0 amide bonds. The van der Waals surface area contributed by atoms with Crippen molar-refractivity contribution in [2.75, 3.05) is 12.4 Å². The Labute approximate surface area is 130 Å². The molecule has 1 N–H and O–H groups in total. The standard InChI is InChI=1S/C14H14FNO3S2/c1-9-12(8-13(17)18)21-14(16-9)20-7-6-19-11-5-3-2-4-10(11)15/h2-5H,6-8H2,1H3,(H,17,18). The molecule has 0 radical (unpaired) electrons. The number of carboxylic acid groups (broad SMARTS) is 1. The number of ether oxygens (including phenoxy) is 1. The number of hydrogen-bond donors (Lipinski definition) is 1. The van der Waals surface area contributed by atoms with Gasteiger partial charge in [0, 0.05) is 10.6 Å². The predicted octanol–water partition coefficient (Wildman–Crippen LogP) is 3.39. The van der Waals surface area contributed by atoms with Crippen LogP contribution in [0.15, 0.2) is 28.6 Å². The fourth-order valence-corrected chi connectivity index (χ4v) is 3.72. The summed E-state index contributed by atoms with van der Waals surface area (Å²) in [5.41, 5.74) is 0.750. The second-order valence-corrected chi connectivity index (χ2v) is 6.61. The number of halogens is 1. The molecule has 21 heavy (non-hydrogen) atoms. The summed E-state index contributed by atoms with van der Waals surface area (Å²) in [5, 5.41) is 8.78. The molecule has 0 fully saturated rings. The van der Waals surface area contributed by atoms with Crippen molar-refractivity contribution < 1.29 is 19.0 Å². The summed E-state index contributed by atoms with van der Waals surface area (Å²) in [4.78, 5) is 15.8. The highest BCUT2D eigenvalue weighted by atomic mass is 32.2. The van der Waals surface area contributed by atoms with E-state index in [0.29, 0.717) is 12.4 Å². The van der Waals surface area contributed by atoms with Crippen molar-refractivity contribution in [3.63, 3.8) is 0 Å². The number of para-hydroxylation sites is 1. The number of rotatable bonds is 7. The summed E-state index contributed by atoms with van der Waals surface area (Å²) in [6.45, 7) is 2.16. The summed E-state index contributed by atoms with van der Waals surface area (Å²) >= 11 is 2.85. The van der Waals surface area contributed by atoms with E-state index in [0.717, 1.165) is 14.9 Å². The number of carbonyl (C=O) groups is 1. The van der Waals surface area contributed by atoms with Crippen LogP contribution in [0.2, 0.25) is 0 Å². The zero-order chi connectivity index (χ0) is 15.2. The third-order valence-corrected chi connectivity index (χ3v) is 4.85. The number of benzene rings is 1. The number of aromatic nitrogens is 1. The Bertz CT molecular complexity index is 630. The fourth-order valence-electron chi connectivity index (χ4n) is 1.61. The molecule has 0 spiro atoms. The van der Waals surface area contributed by atoms with Crippen LogP contribution in [0.4, 0.5) is 4.39 Å². The van der Waals surface area contributed by atoms with Crippen LogP contribution in [0.3, 0.4) is 0 Å². The molecule has 1 aromatic carbocycles. The molecule has 2 aromatic rings. The summed E-state index contributed by atoms with van der Waals surface area (Å²) < 4.78 is 19.5. The van der Waals surface area contributed by atoms with Crippen LogP contribution in [0.1, 0.15) is 10.6 Å². The maximum Gasteiger partial charge on any atom is 0.308 e. The largest absolute Gasteiger partial charge is 0.490 e. The second-order valence-electron chi connectivity index (χ2n) is 4.19. The van der Waals surface area contributed by atoms with Gasteiger partial charge in [0.1, 0.15) is 0 Å². The van der Waals surface area contributed by atoms with Gasteiger partial charge in [0.25, 0.3) is 0 Å². The van der Waals surface area contributed by atoms with Crippen LogP contribution in [0, 0.1) is 12.7 Å². The average molecular weight is 327 g/mol. The molecule has 1 heterocycles. The molecule has 2 rings (SSSR count). The first-order valence-electron chi connectivity index (χ1n) is 6.24. The van der Waals surface area contributed by atoms with E-state index in [1.807, 2.05) is 0 Å². The van der Waals surface area contributed by atoms with Gasteiger partial charge < -0.3 is 9.84 Å². The number of aliphatic carboxylic acids is 1. The molecule has 0 aliphatic carbocycles. The van der Waals surface area contributed by atoms with Gasteiger partial charge in [-0.15, -0.1) is 11.3 Å². The Morgan fingerprint density at radius 2 is 2.24 bits per heavy atom. The van der Waals surface area contributed by atoms with Crippen LogP contribution in [-0.2, 0) is 11.2 Å². The number of thiazole rings is 1. The highest BCUT2D eigenvalue weighted by molar-refractivity contribution is 8.01. The Morgan fingerprint density at radius 1 is 1.48 bits per heavy atom. The minimum absolute atomic E-state index is 0.00418. The molecule has 0 saturated heterocycles. The monoisotopic (exact) mass is 327 g/mol. The molecule has 7 heteroatoms. The summed E-state index contributed by atoms with van der Waals surface area (Å²) in [6.07, 6.45) is -0.00418. The molecular weight excluding hydrogens is 313 g/mol. The third-order valence-electron chi connectivity index (χ3n) is 2.59. The summed E-state index contributed by atoms with van der Waals surface area (Å²) in [7, 11) is 0. The van der Waals surface area contributed by atoms with E-state index >= 15 is 0 Å². The van der Waals surface area contributed by atoms with Crippen LogP contribution in [0.25, 0.3) is 0 Å². The number of hydrogen-bond acceptors (Lipinski definition) is 5. The van der Waals surface area contributed by atoms with E-state index in [-0.39, 0.29) is 18.0 Å². The molecule has 0 aliphatic rings. The predicted molar refractivity (Wildman–Crippen MR) is 80.8 cm³/mol. The van der Waals surface area contributed by atoms with Crippen molar-refractivity contribution in [1.82, 2.24) is 4.98 Å². The maximum atomic E-state index is 13.3. The number of carboxylic acids is 1. The Kier molecular flexibility index (Phi) is 5.58. The van der Waals surface area contributed by atoms with Crippen LogP contribution in [0.5, 0.6) is 5.75 Å². The Hall–Kier alpha value is -1.60. The number of aryl methyl sites for hydroxylation is 1. The average Bonchev–Trinajstić information content (AvgIpc) is 2.76. The van der Waals surface area contributed by atoms with Gasteiger partial charge in [-0.2, -0.15) is 0 Å². The Morgan fingerprint density at radius 3 is 2.95 bits per heavy atom. The molecular formula is C14H14FNO3S2. The molecule has 4 nitrogen and oxygen atoms in total. The lowest BCUT2D eigenvalue weighted by molar-refractivity contribution is -0.136. The lowest BCUT2D eigenvalue weighted by Gasteiger charge is -2.05. The number of nitrogens with zero attached hydrogens (tertiary/aromatic N) is 1. The maximum absolute atomic E-state index is 13.3. The van der Waals surface area contributed by atoms with Crippen molar-refractivity contribution in [2.24, 2.45) is 0 Å². The van der Waals surface area contributed by atoms with Gasteiger partial charge in [-0.1, -0.05) is 23.9 Å². The zero-order valence-corrected chi connectivity index (χ0v) is 13.0. The van der Waals surface area contributed by atoms with Crippen molar-refractivity contribution in [1.29, 1.82) is 0 Å². The quantitative estimate of drug-likeness (QED) is 0.624. The van der Waals surface area contributed by atoms with Gasteiger partial charge in [-0.25, -0.2) is 9.37 Å². The van der Waals surface area contributed by atoms with Crippen molar-refractivity contribution in [3.8, 4) is 5.75 Å². The first-order chi connectivity index (χ1) is 10.1. The van der Waals surface area contributed by atoms with Gasteiger partial charge in [-0.3, -0.25) is 4.79 Å². The minimum Gasteiger partial charge on any atom is -0.490 e. The fraction of sp³-hybridized carbons (Fsp3) is 0.286. The molecule has 0 unspecified atom stereocenters. The highest BCUT2D eigenvalue weighted by Crippen LogP contribution is 2.27. The van der Waals surface area contributed by atoms with E-state index in [2.05, 4.69) is 4.98 Å². The van der Waals surface area contributed by atoms with Crippen molar-refractivity contribution in [3.05, 3.63) is 40.7 Å². The third kappa shape index (κ3) is 4.71. The topological polar surface area (TPSA) is 59.4 Å². The summed E-state index contributed by atoms with van der Waals surface area (Å²) in [6, 6.07) is 6.26. The lowest BCUT2D eigenvalue weighted by atomic mass is 10.3. The van der Waals surface area contributed by atoms with Crippen LogP contribution < -0.4 is 4.74 Å². The minimum atomic E-state index is -0.860. The van der Waals surface area contributed by atoms with E-state index in [9.17, 15) is 9.18 Å². The SMILES string of the molecule is Cc1nc(SCCOc2ccccc2F)sc1CC(=O)O. The first kappa shape index (κ1) is 15.8. The van der Waals surface area contributed by atoms with E-state index in [4.69, 9.17) is 9.84 Å². The van der Waals surface area contributed by atoms with Gasteiger partial charge in [-0.05, 0) is 19.1 Å². The van der Waals surface area contributed by atoms with Gasteiger partial charge in [0.15, 0.2) is 15.9 Å². The first-order valence-corrected chi connectivity index (χ1v) is 8.04. The van der Waals surface area contributed by atoms with Crippen LogP contribution in [-0.4, -0.2) is 28.4 Å². The van der Waals surface area contributed by atoms with Crippen molar-refractivity contribution >= 4 is 29.1 Å². The lowest BCUT2D eigenvalue weighted by Crippen LogP contribution is -2.01. The van der Waals surface area contributed by atoms with Crippen molar-refractivity contribution in [2.45, 2.75) is 17.7 Å². The smallest absolute Gasteiger partial charge is 0.308 e. The molecule has 112 valence electrons. The van der Waals surface area contributed by atoms with Gasteiger partial charge in [0.05, 0.1) is 18.7 Å². The van der Waals surface area contributed by atoms with E-state index < -0.39 is 5.97 Å². The second kappa shape index (κ2) is 7.42. The number of thioether (sulfide) groups is 1. The molecule has 0 bridgehead atoms. The molecule has 0 saturated carbocycles. The molecule has 1 aromatic heterocycles. The van der Waals surface area contributed by atoms with Gasteiger partial charge >= 0.3 is 5.97 Å². The van der Waals surface area contributed by atoms with Crippen LogP contribution >= 0.6 is 23.1 Å². The molecule has 0 atom stereocenters. The zero-order valence-electron chi connectivity index (χ0n) is 11.3. The van der Waals surface area contributed by atoms with Gasteiger partial charge in [0.2, 0.25) is 0 Å². The molecule has 0 aliphatic heterocycles. The van der Waals surface area contributed by atoms with E-state index in [1.54, 1.807) is 25.1 Å². The van der Waals surface area contributed by atoms with E-state index in [1.165, 1.54) is 29.2 Å². The normalized spacial score (nSPS) is 10.6. The Balaban J connectivity index is 1.81. The summed E-state index contributed by atoms with van der Waals surface area (Å²) in [5.74, 6) is -0.383.